The van der Waals surface area contributed by atoms with Crippen LogP contribution in [-0.2, 0) is 20.5 Å². The number of hydrogen-bond donors (Lipinski definition) is 1. The van der Waals surface area contributed by atoms with Crippen molar-refractivity contribution >= 4 is 23.3 Å². The fourth-order valence-corrected chi connectivity index (χ4v) is 2.78. The van der Waals surface area contributed by atoms with Gasteiger partial charge < -0.3 is 15.0 Å². The van der Waals surface area contributed by atoms with Crippen LogP contribution in [0.4, 0.5) is 24.5 Å². The average Bonchev–Trinajstić information content (AvgIpc) is 2.92. The fourth-order valence-electron chi connectivity index (χ4n) is 2.78. The van der Waals surface area contributed by atoms with Crippen molar-refractivity contribution in [3.05, 3.63) is 33.9 Å². The van der Waals surface area contributed by atoms with Crippen molar-refractivity contribution in [1.29, 1.82) is 0 Å². The Morgan fingerprint density at radius 2 is 1.82 bits per heavy atom. The van der Waals surface area contributed by atoms with Crippen LogP contribution in [0.2, 0.25) is 0 Å². The van der Waals surface area contributed by atoms with Crippen LogP contribution >= 0.6 is 0 Å². The molecule has 1 amide bonds. The summed E-state index contributed by atoms with van der Waals surface area (Å²) < 4.78 is 42.9. The van der Waals surface area contributed by atoms with Gasteiger partial charge >= 0.3 is 12.1 Å². The van der Waals surface area contributed by atoms with Crippen molar-refractivity contribution in [3.8, 4) is 0 Å². The summed E-state index contributed by atoms with van der Waals surface area (Å²) in [6.45, 7) is 0.230. The smallest absolute Gasteiger partial charge is 0.416 e. The van der Waals surface area contributed by atoms with Gasteiger partial charge in [-0.3, -0.25) is 19.7 Å². The number of carbonyl (C=O) groups is 2. The predicted octanol–water partition coefficient (Wildman–Crippen LogP) is 2.97. The minimum atomic E-state index is -4.73. The van der Waals surface area contributed by atoms with Gasteiger partial charge in [0.05, 0.1) is 10.5 Å². The van der Waals surface area contributed by atoms with E-state index in [4.69, 9.17) is 4.74 Å². The number of rotatable bonds is 6. The second kappa shape index (κ2) is 9.38. The average molecular weight is 403 g/mol. The van der Waals surface area contributed by atoms with Gasteiger partial charge in [0, 0.05) is 19.2 Å². The molecular formula is C17H20F3N3O5. The van der Waals surface area contributed by atoms with Gasteiger partial charge in [0.1, 0.15) is 12.2 Å². The van der Waals surface area contributed by atoms with Crippen LogP contribution in [0.15, 0.2) is 18.2 Å². The molecule has 1 aliphatic heterocycles. The first-order valence-electron chi connectivity index (χ1n) is 8.71. The summed E-state index contributed by atoms with van der Waals surface area (Å²) in [5, 5.41) is 13.4. The molecule has 0 aromatic heterocycles. The first-order chi connectivity index (χ1) is 13.2. The summed E-state index contributed by atoms with van der Waals surface area (Å²) in [6, 6.07) is 1.93. The van der Waals surface area contributed by atoms with Crippen LogP contribution in [0.3, 0.4) is 0 Å². The molecule has 1 N–H and O–H groups in total. The maximum absolute atomic E-state index is 12.7. The SMILES string of the molecule is O=C(CNc1ccc(C(F)(F)F)cc1[N+](=O)[O-])OCC(=O)N1CCCCCC1. The number of amides is 1. The Balaban J connectivity index is 1.89. The van der Waals surface area contributed by atoms with Gasteiger partial charge in [-0.1, -0.05) is 12.8 Å². The van der Waals surface area contributed by atoms with Crippen molar-refractivity contribution in [2.45, 2.75) is 31.9 Å². The van der Waals surface area contributed by atoms with Gasteiger partial charge in [-0.05, 0) is 25.0 Å². The van der Waals surface area contributed by atoms with E-state index in [1.165, 1.54) is 0 Å². The summed E-state index contributed by atoms with van der Waals surface area (Å²) >= 11 is 0. The van der Waals surface area contributed by atoms with E-state index in [9.17, 15) is 32.9 Å². The van der Waals surface area contributed by atoms with Crippen LogP contribution in [0, 0.1) is 10.1 Å². The third-order valence-corrected chi connectivity index (χ3v) is 4.26. The number of likely N-dealkylation sites (tertiary alicyclic amines) is 1. The number of nitro benzene ring substituents is 1. The molecule has 8 nitrogen and oxygen atoms in total. The number of nitro groups is 1. The highest BCUT2D eigenvalue weighted by molar-refractivity contribution is 5.82. The minimum Gasteiger partial charge on any atom is -0.454 e. The highest BCUT2D eigenvalue weighted by Crippen LogP contribution is 2.34. The molecule has 1 saturated heterocycles. The summed E-state index contributed by atoms with van der Waals surface area (Å²) in [5.74, 6) is -1.17. The molecule has 0 unspecified atom stereocenters. The molecule has 0 aliphatic carbocycles. The number of nitrogens with zero attached hydrogens (tertiary/aromatic N) is 2. The molecule has 1 heterocycles. The number of hydrogen-bond acceptors (Lipinski definition) is 6. The third-order valence-electron chi connectivity index (χ3n) is 4.26. The number of benzene rings is 1. The molecule has 2 rings (SSSR count). The maximum atomic E-state index is 12.7. The lowest BCUT2D eigenvalue weighted by Crippen LogP contribution is -2.36. The summed E-state index contributed by atoms with van der Waals surface area (Å²) in [7, 11) is 0. The Hall–Kier alpha value is -2.85. The normalized spacial score (nSPS) is 14.9. The second-order valence-corrected chi connectivity index (χ2v) is 6.30. The quantitative estimate of drug-likeness (QED) is 0.445. The van der Waals surface area contributed by atoms with E-state index >= 15 is 0 Å². The number of anilines is 1. The molecule has 1 aliphatic rings. The lowest BCUT2D eigenvalue weighted by molar-refractivity contribution is -0.384. The van der Waals surface area contributed by atoms with Crippen LogP contribution in [-0.4, -0.2) is 47.9 Å². The molecule has 0 atom stereocenters. The first-order valence-corrected chi connectivity index (χ1v) is 8.71. The third kappa shape index (κ3) is 6.10. The molecule has 1 aromatic rings. The van der Waals surface area contributed by atoms with Crippen molar-refractivity contribution in [2.75, 3.05) is 31.6 Å². The highest BCUT2D eigenvalue weighted by Gasteiger charge is 2.33. The molecule has 1 aromatic carbocycles. The van der Waals surface area contributed by atoms with E-state index in [1.54, 1.807) is 4.90 Å². The van der Waals surface area contributed by atoms with E-state index in [2.05, 4.69) is 5.32 Å². The molecule has 11 heteroatoms. The van der Waals surface area contributed by atoms with Crippen molar-refractivity contribution < 1.29 is 32.4 Å². The summed E-state index contributed by atoms with van der Waals surface area (Å²) in [6.07, 6.45) is -0.869. The lowest BCUT2D eigenvalue weighted by Gasteiger charge is -2.20. The zero-order chi connectivity index (χ0) is 20.7. The largest absolute Gasteiger partial charge is 0.454 e. The van der Waals surface area contributed by atoms with E-state index in [-0.39, 0.29) is 11.6 Å². The standard InChI is InChI=1S/C17H20F3N3O5/c18-17(19,20)12-5-6-13(14(9-12)23(26)27)21-10-16(25)28-11-15(24)22-7-3-1-2-4-8-22/h5-6,9,21H,1-4,7-8,10-11H2. The minimum absolute atomic E-state index is 0.256. The second-order valence-electron chi connectivity index (χ2n) is 6.30. The zero-order valence-electron chi connectivity index (χ0n) is 15.0. The van der Waals surface area contributed by atoms with Crippen molar-refractivity contribution in [2.24, 2.45) is 0 Å². The van der Waals surface area contributed by atoms with Gasteiger partial charge in [-0.15, -0.1) is 0 Å². The Labute approximate surface area is 158 Å². The topological polar surface area (TPSA) is 102 Å². The summed E-state index contributed by atoms with van der Waals surface area (Å²) in [5.41, 5.74) is -2.24. The Morgan fingerprint density at radius 3 is 2.39 bits per heavy atom. The highest BCUT2D eigenvalue weighted by atomic mass is 19.4. The van der Waals surface area contributed by atoms with Gasteiger partial charge in [0.25, 0.3) is 11.6 Å². The van der Waals surface area contributed by atoms with E-state index in [0.29, 0.717) is 25.2 Å². The number of alkyl halides is 3. The van der Waals surface area contributed by atoms with Crippen molar-refractivity contribution in [3.63, 3.8) is 0 Å². The Bertz CT molecular complexity index is 731. The molecule has 1 fully saturated rings. The molecule has 0 bridgehead atoms. The van der Waals surface area contributed by atoms with E-state index in [0.717, 1.165) is 31.7 Å². The molecule has 0 spiro atoms. The summed E-state index contributed by atoms with van der Waals surface area (Å²) in [4.78, 5) is 35.4. The van der Waals surface area contributed by atoms with Crippen LogP contribution in [0.25, 0.3) is 0 Å². The first kappa shape index (κ1) is 21.5. The predicted molar refractivity (Wildman–Crippen MR) is 92.6 cm³/mol. The maximum Gasteiger partial charge on any atom is 0.416 e. The van der Waals surface area contributed by atoms with Crippen LogP contribution < -0.4 is 5.32 Å². The Kier molecular flexibility index (Phi) is 7.18. The van der Waals surface area contributed by atoms with E-state index in [1.807, 2.05) is 0 Å². The number of carbonyl (C=O) groups excluding carboxylic acids is 2. The monoisotopic (exact) mass is 403 g/mol. The van der Waals surface area contributed by atoms with Crippen molar-refractivity contribution in [1.82, 2.24) is 4.90 Å². The lowest BCUT2D eigenvalue weighted by atomic mass is 10.1. The van der Waals surface area contributed by atoms with Gasteiger partial charge in [0.15, 0.2) is 6.61 Å². The zero-order valence-corrected chi connectivity index (χ0v) is 15.0. The number of esters is 1. The molecule has 0 saturated carbocycles. The van der Waals surface area contributed by atoms with E-state index < -0.39 is 41.5 Å². The van der Waals surface area contributed by atoms with Gasteiger partial charge in [0.2, 0.25) is 0 Å². The van der Waals surface area contributed by atoms with Gasteiger partial charge in [-0.25, -0.2) is 0 Å². The molecular weight excluding hydrogens is 383 g/mol. The number of halogens is 3. The molecule has 0 radical (unpaired) electrons. The van der Waals surface area contributed by atoms with Crippen LogP contribution in [0.5, 0.6) is 0 Å². The molecule has 154 valence electrons. The number of ether oxygens (including phenoxy) is 1. The Morgan fingerprint density at radius 1 is 1.18 bits per heavy atom. The van der Waals surface area contributed by atoms with Crippen LogP contribution in [0.1, 0.15) is 31.2 Å². The number of nitrogens with one attached hydrogen (secondary N) is 1. The van der Waals surface area contributed by atoms with Gasteiger partial charge in [-0.2, -0.15) is 13.2 Å². The molecule has 28 heavy (non-hydrogen) atoms. The fraction of sp³-hybridized carbons (Fsp3) is 0.529.